The molecule has 2 heterocycles. The first-order valence-corrected chi connectivity index (χ1v) is 7.27. The van der Waals surface area contributed by atoms with Gasteiger partial charge in [0.05, 0.1) is 12.2 Å². The second kappa shape index (κ2) is 3.48. The molecule has 100 valence electrons. The average Bonchev–Trinajstić information content (AvgIpc) is 3.20. The lowest BCUT2D eigenvalue weighted by molar-refractivity contribution is -0.148. The SMILES string of the molecule is O=C(O)C(C12CCCCC1O2)C12CCCCC1O2. The molecular formula is C14H20O4. The van der Waals surface area contributed by atoms with Crippen LogP contribution in [0.4, 0.5) is 0 Å². The molecule has 2 saturated carbocycles. The number of carbonyl (C=O) groups is 1. The molecule has 2 saturated heterocycles. The van der Waals surface area contributed by atoms with E-state index in [1.165, 1.54) is 12.8 Å². The van der Waals surface area contributed by atoms with E-state index in [-0.39, 0.29) is 23.4 Å². The normalized spacial score (nSPS) is 50.9. The summed E-state index contributed by atoms with van der Waals surface area (Å²) in [6.45, 7) is 0. The fourth-order valence-electron chi connectivity index (χ4n) is 4.60. The summed E-state index contributed by atoms with van der Waals surface area (Å²) >= 11 is 0. The Balaban J connectivity index is 1.65. The number of carboxylic acid groups (broad SMARTS) is 1. The van der Waals surface area contributed by atoms with Crippen molar-refractivity contribution in [2.75, 3.05) is 0 Å². The summed E-state index contributed by atoms with van der Waals surface area (Å²) in [4.78, 5) is 11.8. The predicted molar refractivity (Wildman–Crippen MR) is 63.3 cm³/mol. The Labute approximate surface area is 107 Å². The van der Waals surface area contributed by atoms with Crippen LogP contribution < -0.4 is 0 Å². The third-order valence-corrected chi connectivity index (χ3v) is 5.49. The van der Waals surface area contributed by atoms with Gasteiger partial charge in [-0.3, -0.25) is 4.79 Å². The van der Waals surface area contributed by atoms with Crippen LogP contribution in [0.5, 0.6) is 0 Å². The number of hydrogen-bond acceptors (Lipinski definition) is 3. The van der Waals surface area contributed by atoms with Gasteiger partial charge < -0.3 is 14.6 Å². The van der Waals surface area contributed by atoms with Crippen molar-refractivity contribution >= 4 is 5.97 Å². The van der Waals surface area contributed by atoms with Crippen LogP contribution in [0.1, 0.15) is 51.4 Å². The van der Waals surface area contributed by atoms with Gasteiger partial charge in [-0.1, -0.05) is 25.7 Å². The standard InChI is InChI=1S/C14H20O4/c15-12(16)11(13-7-3-1-5-9(13)17-13)14-8-4-2-6-10(14)18-14/h9-11H,1-8H2,(H,15,16). The molecule has 0 bridgehead atoms. The predicted octanol–water partition coefficient (Wildman–Crippen LogP) is 2.11. The van der Waals surface area contributed by atoms with Gasteiger partial charge in [-0.15, -0.1) is 0 Å². The van der Waals surface area contributed by atoms with E-state index in [0.29, 0.717) is 0 Å². The Morgan fingerprint density at radius 2 is 1.50 bits per heavy atom. The summed E-state index contributed by atoms with van der Waals surface area (Å²) in [6, 6.07) is 0. The van der Waals surface area contributed by atoms with Crippen molar-refractivity contribution in [3.05, 3.63) is 0 Å². The van der Waals surface area contributed by atoms with Gasteiger partial charge in [-0.25, -0.2) is 0 Å². The molecule has 4 heteroatoms. The van der Waals surface area contributed by atoms with Gasteiger partial charge in [0, 0.05) is 0 Å². The van der Waals surface area contributed by atoms with Crippen LogP contribution in [-0.2, 0) is 14.3 Å². The van der Waals surface area contributed by atoms with Crippen LogP contribution in [0, 0.1) is 5.92 Å². The van der Waals surface area contributed by atoms with Gasteiger partial charge in [0.1, 0.15) is 17.1 Å². The van der Waals surface area contributed by atoms with Gasteiger partial charge in [-0.05, 0) is 25.7 Å². The highest BCUT2D eigenvalue weighted by Crippen LogP contribution is 2.63. The fraction of sp³-hybridized carbons (Fsp3) is 0.929. The smallest absolute Gasteiger partial charge is 0.312 e. The third-order valence-electron chi connectivity index (χ3n) is 5.49. The highest BCUT2D eigenvalue weighted by Gasteiger charge is 2.76. The van der Waals surface area contributed by atoms with Crippen molar-refractivity contribution in [1.82, 2.24) is 0 Å². The highest BCUT2D eigenvalue weighted by atomic mass is 16.6. The topological polar surface area (TPSA) is 62.4 Å². The lowest BCUT2D eigenvalue weighted by atomic mass is 9.69. The molecule has 1 N–H and O–H groups in total. The van der Waals surface area contributed by atoms with Crippen molar-refractivity contribution in [2.45, 2.75) is 74.8 Å². The molecule has 4 aliphatic rings. The van der Waals surface area contributed by atoms with E-state index in [9.17, 15) is 9.90 Å². The number of hydrogen-bond donors (Lipinski definition) is 1. The molecule has 0 spiro atoms. The van der Waals surface area contributed by atoms with Crippen LogP contribution in [-0.4, -0.2) is 34.5 Å². The number of carboxylic acids is 1. The van der Waals surface area contributed by atoms with Crippen molar-refractivity contribution < 1.29 is 19.4 Å². The summed E-state index contributed by atoms with van der Waals surface area (Å²) in [5.74, 6) is -1.13. The third kappa shape index (κ3) is 1.31. The average molecular weight is 252 g/mol. The largest absolute Gasteiger partial charge is 0.481 e. The molecule has 0 aromatic heterocycles. The van der Waals surface area contributed by atoms with Gasteiger partial charge in [0.15, 0.2) is 0 Å². The molecule has 0 radical (unpaired) electrons. The minimum absolute atomic E-state index is 0.188. The zero-order valence-electron chi connectivity index (χ0n) is 10.6. The van der Waals surface area contributed by atoms with Crippen LogP contribution in [0.2, 0.25) is 0 Å². The molecular weight excluding hydrogens is 232 g/mol. The highest BCUT2D eigenvalue weighted by molar-refractivity contribution is 5.75. The number of fused-ring (bicyclic) bond motifs is 2. The van der Waals surface area contributed by atoms with Gasteiger partial charge in [0.2, 0.25) is 0 Å². The Hall–Kier alpha value is -0.610. The first kappa shape index (κ1) is 11.2. The molecule has 0 aromatic rings. The Morgan fingerprint density at radius 1 is 1.00 bits per heavy atom. The van der Waals surface area contributed by atoms with E-state index in [0.717, 1.165) is 38.5 Å². The Kier molecular flexibility index (Phi) is 2.17. The maximum absolute atomic E-state index is 11.8. The number of ether oxygens (including phenoxy) is 2. The van der Waals surface area contributed by atoms with Crippen LogP contribution in [0.3, 0.4) is 0 Å². The summed E-state index contributed by atoms with van der Waals surface area (Å²) in [7, 11) is 0. The van der Waals surface area contributed by atoms with E-state index < -0.39 is 11.9 Å². The first-order valence-electron chi connectivity index (χ1n) is 7.27. The summed E-state index contributed by atoms with van der Waals surface area (Å²) in [5, 5.41) is 9.70. The van der Waals surface area contributed by atoms with E-state index in [1.807, 2.05) is 0 Å². The molecule has 2 aliphatic heterocycles. The van der Waals surface area contributed by atoms with E-state index in [2.05, 4.69) is 0 Å². The summed E-state index contributed by atoms with van der Waals surface area (Å²) in [5.41, 5.74) is -0.758. The van der Waals surface area contributed by atoms with Crippen molar-refractivity contribution in [2.24, 2.45) is 5.92 Å². The lowest BCUT2D eigenvalue weighted by Gasteiger charge is -2.31. The fourth-order valence-corrected chi connectivity index (χ4v) is 4.60. The molecule has 0 amide bonds. The van der Waals surface area contributed by atoms with E-state index >= 15 is 0 Å². The maximum Gasteiger partial charge on any atom is 0.312 e. The molecule has 2 aliphatic carbocycles. The maximum atomic E-state index is 11.8. The van der Waals surface area contributed by atoms with Gasteiger partial charge in [-0.2, -0.15) is 0 Å². The van der Waals surface area contributed by atoms with Gasteiger partial charge >= 0.3 is 5.97 Å². The van der Waals surface area contributed by atoms with Crippen molar-refractivity contribution in [3.8, 4) is 0 Å². The molecule has 4 nitrogen and oxygen atoms in total. The monoisotopic (exact) mass is 252 g/mol. The zero-order valence-corrected chi connectivity index (χ0v) is 10.6. The van der Waals surface area contributed by atoms with E-state index in [1.54, 1.807) is 0 Å². The van der Waals surface area contributed by atoms with Crippen molar-refractivity contribution in [3.63, 3.8) is 0 Å². The van der Waals surface area contributed by atoms with Gasteiger partial charge in [0.25, 0.3) is 0 Å². The Morgan fingerprint density at radius 3 is 1.89 bits per heavy atom. The summed E-state index contributed by atoms with van der Waals surface area (Å²) < 4.78 is 11.7. The second-order valence-corrected chi connectivity index (χ2v) is 6.39. The van der Waals surface area contributed by atoms with E-state index in [4.69, 9.17) is 9.47 Å². The molecule has 4 atom stereocenters. The Bertz CT molecular complexity index is 365. The number of aliphatic carboxylic acids is 1. The lowest BCUT2D eigenvalue weighted by Crippen LogP contribution is -2.47. The van der Waals surface area contributed by atoms with Crippen LogP contribution in [0.15, 0.2) is 0 Å². The molecule has 18 heavy (non-hydrogen) atoms. The zero-order chi connectivity index (χ0) is 12.4. The van der Waals surface area contributed by atoms with Crippen molar-refractivity contribution in [1.29, 1.82) is 0 Å². The van der Waals surface area contributed by atoms with Crippen LogP contribution in [0.25, 0.3) is 0 Å². The molecule has 4 unspecified atom stereocenters. The molecule has 4 rings (SSSR count). The minimum Gasteiger partial charge on any atom is -0.481 e. The molecule has 4 fully saturated rings. The summed E-state index contributed by atoms with van der Waals surface area (Å²) in [6.07, 6.45) is 8.81. The first-order chi connectivity index (χ1) is 8.69. The minimum atomic E-state index is -0.705. The number of epoxide rings is 2. The second-order valence-electron chi connectivity index (χ2n) is 6.39. The molecule has 0 aromatic carbocycles. The number of rotatable bonds is 3. The quantitative estimate of drug-likeness (QED) is 0.781. The van der Waals surface area contributed by atoms with Crippen LogP contribution >= 0.6 is 0 Å².